The highest BCUT2D eigenvalue weighted by Crippen LogP contribution is 2.28. The molecule has 0 saturated carbocycles. The highest BCUT2D eigenvalue weighted by Gasteiger charge is 2.17. The third-order valence-electron chi connectivity index (χ3n) is 6.46. The summed E-state index contributed by atoms with van der Waals surface area (Å²) in [4.78, 5) is 22.6. The summed E-state index contributed by atoms with van der Waals surface area (Å²) in [5.41, 5.74) is 6.65. The van der Waals surface area contributed by atoms with Crippen LogP contribution in [0.2, 0.25) is 0 Å². The van der Waals surface area contributed by atoms with E-state index >= 15 is 0 Å². The van der Waals surface area contributed by atoms with Gasteiger partial charge in [-0.25, -0.2) is 14.8 Å². The molecule has 0 radical (unpaired) electrons. The van der Waals surface area contributed by atoms with Crippen molar-refractivity contribution in [3.63, 3.8) is 0 Å². The smallest absolute Gasteiger partial charge is 0.292 e. The Hall–Kier alpha value is -4.00. The van der Waals surface area contributed by atoms with Gasteiger partial charge in [0.25, 0.3) is 0 Å². The van der Waals surface area contributed by atoms with E-state index in [1.165, 1.54) is 5.56 Å². The Labute approximate surface area is 204 Å². The summed E-state index contributed by atoms with van der Waals surface area (Å²) in [6, 6.07) is 18.8. The number of aryl methyl sites for hydroxylation is 1. The zero-order valence-corrected chi connectivity index (χ0v) is 20.8. The zero-order valence-electron chi connectivity index (χ0n) is 20.8. The molecule has 3 aromatic heterocycles. The molecule has 0 bridgehead atoms. The van der Waals surface area contributed by atoms with Crippen molar-refractivity contribution < 1.29 is 0 Å². The summed E-state index contributed by atoms with van der Waals surface area (Å²) < 4.78 is 5.35. The molecule has 2 aromatic carbocycles. The van der Waals surface area contributed by atoms with Crippen LogP contribution in [-0.2, 0) is 13.6 Å². The molecule has 0 amide bonds. The summed E-state index contributed by atoms with van der Waals surface area (Å²) in [6.45, 7) is 8.99. The molecule has 0 fully saturated rings. The van der Waals surface area contributed by atoms with Crippen LogP contribution in [0.15, 0.2) is 71.8 Å². The van der Waals surface area contributed by atoms with Gasteiger partial charge in [0.15, 0.2) is 11.5 Å². The van der Waals surface area contributed by atoms with E-state index in [1.807, 2.05) is 35.1 Å². The maximum Gasteiger partial charge on any atom is 0.330 e. The second-order valence-corrected chi connectivity index (χ2v) is 9.52. The van der Waals surface area contributed by atoms with Gasteiger partial charge in [-0.1, -0.05) is 62.4 Å². The molecule has 7 heteroatoms. The van der Waals surface area contributed by atoms with E-state index in [2.05, 4.69) is 68.1 Å². The first-order valence-electron chi connectivity index (χ1n) is 12.0. The monoisotopic (exact) mass is 466 g/mol. The predicted molar refractivity (Wildman–Crippen MR) is 139 cm³/mol. The molecule has 0 atom stereocenters. The largest absolute Gasteiger partial charge is 0.330 e. The van der Waals surface area contributed by atoms with Crippen molar-refractivity contribution in [3.05, 3.63) is 88.6 Å². The van der Waals surface area contributed by atoms with Gasteiger partial charge < -0.3 is 0 Å². The summed E-state index contributed by atoms with van der Waals surface area (Å²) in [5, 5.41) is 4.44. The van der Waals surface area contributed by atoms with Crippen molar-refractivity contribution >= 4 is 11.2 Å². The fourth-order valence-electron chi connectivity index (χ4n) is 4.57. The molecule has 0 aliphatic heterocycles. The van der Waals surface area contributed by atoms with Gasteiger partial charge >= 0.3 is 5.69 Å². The average molecular weight is 467 g/mol. The van der Waals surface area contributed by atoms with Gasteiger partial charge in [0.1, 0.15) is 5.52 Å². The lowest BCUT2D eigenvalue weighted by Crippen LogP contribution is -2.22. The van der Waals surface area contributed by atoms with Crippen molar-refractivity contribution in [2.75, 3.05) is 0 Å². The third kappa shape index (κ3) is 4.07. The van der Waals surface area contributed by atoms with Crippen LogP contribution in [0.1, 0.15) is 50.8 Å². The molecule has 5 rings (SSSR count). The minimum Gasteiger partial charge on any atom is -0.292 e. The molecular weight excluding hydrogens is 436 g/mol. The van der Waals surface area contributed by atoms with E-state index in [4.69, 9.17) is 4.98 Å². The lowest BCUT2D eigenvalue weighted by atomic mass is 9.97. The molecule has 7 nitrogen and oxygen atoms in total. The number of hydrogen-bond acceptors (Lipinski definition) is 4. The van der Waals surface area contributed by atoms with E-state index in [0.717, 1.165) is 27.9 Å². The van der Waals surface area contributed by atoms with Gasteiger partial charge in [0, 0.05) is 24.8 Å². The summed E-state index contributed by atoms with van der Waals surface area (Å²) in [5.74, 6) is 0.979. The fraction of sp³-hybridized carbons (Fsp3) is 0.286. The molecule has 178 valence electrons. The van der Waals surface area contributed by atoms with Crippen LogP contribution in [-0.4, -0.2) is 28.9 Å². The molecule has 0 aliphatic carbocycles. The number of imidazole rings is 1. The Morgan fingerprint density at radius 3 is 2.40 bits per heavy atom. The fourth-order valence-corrected chi connectivity index (χ4v) is 4.57. The maximum atomic E-state index is 13.1. The zero-order chi connectivity index (χ0) is 24.7. The quantitative estimate of drug-likeness (QED) is 0.335. The van der Waals surface area contributed by atoms with Crippen molar-refractivity contribution in [1.29, 1.82) is 0 Å². The highest BCUT2D eigenvalue weighted by atomic mass is 16.1. The average Bonchev–Trinajstić information content (AvgIpc) is 3.44. The van der Waals surface area contributed by atoms with Crippen molar-refractivity contribution in [1.82, 2.24) is 28.9 Å². The van der Waals surface area contributed by atoms with E-state index in [0.29, 0.717) is 23.9 Å². The van der Waals surface area contributed by atoms with Crippen LogP contribution >= 0.6 is 0 Å². The first kappa shape index (κ1) is 22.8. The molecule has 0 saturated heterocycles. The molecule has 3 heterocycles. The number of rotatable bonds is 6. The first-order chi connectivity index (χ1) is 16.8. The van der Waals surface area contributed by atoms with E-state index in [9.17, 15) is 4.79 Å². The number of nitrogens with zero attached hydrogens (tertiary/aromatic N) is 6. The molecule has 0 aliphatic rings. The first-order valence-corrected chi connectivity index (χ1v) is 12.0. The van der Waals surface area contributed by atoms with Crippen LogP contribution in [0.25, 0.3) is 33.8 Å². The Morgan fingerprint density at radius 2 is 1.69 bits per heavy atom. The van der Waals surface area contributed by atoms with E-state index in [-0.39, 0.29) is 11.7 Å². The normalized spacial score (nSPS) is 11.7. The summed E-state index contributed by atoms with van der Waals surface area (Å²) in [6.07, 6.45) is 3.58. The predicted octanol–water partition coefficient (Wildman–Crippen LogP) is 5.41. The SMILES string of the molecule is CC(C)c1ccccc1-c1ncc2c(n1)n(Cc1ccc(-c3ccnn3C(C)C)cc1)c(=O)n2C. The molecule has 0 unspecified atom stereocenters. The molecule has 5 aromatic rings. The molecular formula is C28H30N6O. The standard InChI is InChI=1S/C28H30N6O/c1-18(2)22-8-6-7-9-23(22)26-29-16-25-27(31-26)33(28(35)32(25)5)17-20-10-12-21(13-11-20)24-14-15-30-34(24)19(3)4/h6-16,18-19H,17H2,1-5H3. The second-order valence-electron chi connectivity index (χ2n) is 9.52. The Kier molecular flexibility index (Phi) is 5.84. The van der Waals surface area contributed by atoms with E-state index in [1.54, 1.807) is 22.4 Å². The van der Waals surface area contributed by atoms with Crippen LogP contribution in [0.5, 0.6) is 0 Å². The van der Waals surface area contributed by atoms with Gasteiger partial charge in [-0.2, -0.15) is 5.10 Å². The van der Waals surface area contributed by atoms with Crippen molar-refractivity contribution in [2.24, 2.45) is 7.05 Å². The molecule has 0 N–H and O–H groups in total. The maximum absolute atomic E-state index is 13.1. The van der Waals surface area contributed by atoms with Gasteiger partial charge in [-0.3, -0.25) is 13.8 Å². The van der Waals surface area contributed by atoms with Crippen LogP contribution < -0.4 is 5.69 Å². The highest BCUT2D eigenvalue weighted by molar-refractivity contribution is 5.74. The topological polar surface area (TPSA) is 70.5 Å². The Bertz CT molecular complexity index is 1550. The molecule has 35 heavy (non-hydrogen) atoms. The number of benzene rings is 2. The number of hydrogen-bond donors (Lipinski definition) is 0. The van der Waals surface area contributed by atoms with Gasteiger partial charge in [0.2, 0.25) is 0 Å². The summed E-state index contributed by atoms with van der Waals surface area (Å²) in [7, 11) is 1.77. The van der Waals surface area contributed by atoms with Crippen molar-refractivity contribution in [2.45, 2.75) is 46.2 Å². The number of aromatic nitrogens is 6. The van der Waals surface area contributed by atoms with Gasteiger partial charge in [-0.15, -0.1) is 0 Å². The van der Waals surface area contributed by atoms with Crippen LogP contribution in [0, 0.1) is 0 Å². The number of fused-ring (bicyclic) bond motifs is 1. The van der Waals surface area contributed by atoms with Gasteiger partial charge in [0.05, 0.1) is 18.4 Å². The van der Waals surface area contributed by atoms with E-state index < -0.39 is 0 Å². The second kappa shape index (κ2) is 8.98. The third-order valence-corrected chi connectivity index (χ3v) is 6.46. The Morgan fingerprint density at radius 1 is 0.943 bits per heavy atom. The minimum atomic E-state index is -0.106. The Balaban J connectivity index is 1.53. The molecule has 0 spiro atoms. The van der Waals surface area contributed by atoms with Crippen LogP contribution in [0.4, 0.5) is 0 Å². The summed E-state index contributed by atoms with van der Waals surface area (Å²) >= 11 is 0. The lowest BCUT2D eigenvalue weighted by molar-refractivity contribution is 0.538. The lowest BCUT2D eigenvalue weighted by Gasteiger charge is -2.12. The van der Waals surface area contributed by atoms with Crippen molar-refractivity contribution in [3.8, 4) is 22.6 Å². The minimum absolute atomic E-state index is 0.106. The van der Waals surface area contributed by atoms with Crippen LogP contribution in [0.3, 0.4) is 0 Å². The van der Waals surface area contributed by atoms with Gasteiger partial charge in [-0.05, 0) is 42.5 Å².